The molecule has 1 fully saturated rings. The first-order valence-corrected chi connectivity index (χ1v) is 9.20. The number of hydrogen-bond acceptors (Lipinski definition) is 4. The first-order chi connectivity index (χ1) is 10.0. The summed E-state index contributed by atoms with van der Waals surface area (Å²) >= 11 is 0. The molecule has 0 aromatic heterocycles. The van der Waals surface area contributed by atoms with Gasteiger partial charge in [-0.3, -0.25) is 0 Å². The summed E-state index contributed by atoms with van der Waals surface area (Å²) in [6.45, 7) is 1.94. The van der Waals surface area contributed by atoms with Gasteiger partial charge in [0.25, 0.3) is 0 Å². The molecule has 1 aliphatic heterocycles. The quantitative estimate of drug-likeness (QED) is 0.821. The Morgan fingerprint density at radius 1 is 1.38 bits per heavy atom. The fourth-order valence-corrected chi connectivity index (χ4v) is 3.72. The van der Waals surface area contributed by atoms with Crippen LogP contribution in [-0.4, -0.2) is 50.3 Å². The van der Waals surface area contributed by atoms with Gasteiger partial charge in [-0.1, -0.05) is 30.3 Å². The second-order valence-electron chi connectivity index (χ2n) is 5.68. The average Bonchev–Trinajstić information content (AvgIpc) is 2.48. The van der Waals surface area contributed by atoms with Crippen molar-refractivity contribution in [1.29, 1.82) is 0 Å². The van der Waals surface area contributed by atoms with E-state index in [1.165, 1.54) is 6.26 Å². The predicted molar refractivity (Wildman–Crippen MR) is 83.4 cm³/mol. The van der Waals surface area contributed by atoms with Crippen LogP contribution in [-0.2, 0) is 10.0 Å². The number of piperidine rings is 1. The topological polar surface area (TPSA) is 69.6 Å². The van der Waals surface area contributed by atoms with Crippen LogP contribution in [0.1, 0.15) is 24.4 Å². The highest BCUT2D eigenvalue weighted by atomic mass is 32.2. The van der Waals surface area contributed by atoms with Crippen LogP contribution in [0.5, 0.6) is 0 Å². The molecule has 21 heavy (non-hydrogen) atoms. The Morgan fingerprint density at radius 2 is 2.10 bits per heavy atom. The van der Waals surface area contributed by atoms with Crippen LogP contribution in [0.25, 0.3) is 0 Å². The van der Waals surface area contributed by atoms with Gasteiger partial charge in [0.15, 0.2) is 0 Å². The molecule has 2 atom stereocenters. The third-order valence-corrected chi connectivity index (χ3v) is 5.26. The molecular weight excluding hydrogens is 288 g/mol. The van der Waals surface area contributed by atoms with E-state index in [4.69, 9.17) is 0 Å². The molecule has 2 unspecified atom stereocenters. The van der Waals surface area contributed by atoms with Crippen molar-refractivity contribution in [2.45, 2.75) is 18.9 Å². The summed E-state index contributed by atoms with van der Waals surface area (Å²) in [6.07, 6.45) is 3.18. The summed E-state index contributed by atoms with van der Waals surface area (Å²) < 4.78 is 24.8. The molecule has 1 aromatic carbocycles. The second kappa shape index (κ2) is 7.35. The van der Waals surface area contributed by atoms with Crippen molar-refractivity contribution in [3.63, 3.8) is 0 Å². The van der Waals surface area contributed by atoms with E-state index < -0.39 is 10.0 Å². The molecule has 1 aromatic rings. The maximum absolute atomic E-state index is 11.6. The second-order valence-corrected chi connectivity index (χ2v) is 7.67. The van der Waals surface area contributed by atoms with Crippen molar-refractivity contribution in [2.24, 2.45) is 5.92 Å². The fraction of sp³-hybridized carbons (Fsp3) is 0.600. The minimum atomic E-state index is -3.10. The van der Waals surface area contributed by atoms with Crippen LogP contribution < -0.4 is 5.32 Å². The van der Waals surface area contributed by atoms with E-state index in [0.717, 1.165) is 18.4 Å². The molecule has 2 N–H and O–H groups in total. The number of benzene rings is 1. The van der Waals surface area contributed by atoms with Crippen molar-refractivity contribution >= 4 is 10.0 Å². The van der Waals surface area contributed by atoms with Gasteiger partial charge in [-0.15, -0.1) is 0 Å². The molecule has 0 aliphatic carbocycles. The summed E-state index contributed by atoms with van der Waals surface area (Å²) in [4.78, 5) is 0. The zero-order valence-corrected chi connectivity index (χ0v) is 13.2. The maximum atomic E-state index is 11.6. The van der Waals surface area contributed by atoms with Crippen LogP contribution in [0.3, 0.4) is 0 Å². The number of nitrogens with one attached hydrogen (secondary N) is 1. The van der Waals surface area contributed by atoms with Gasteiger partial charge < -0.3 is 10.4 Å². The van der Waals surface area contributed by atoms with Crippen LogP contribution in [0, 0.1) is 5.92 Å². The Labute approximate surface area is 127 Å². The van der Waals surface area contributed by atoms with Crippen LogP contribution >= 0.6 is 0 Å². The highest BCUT2D eigenvalue weighted by Crippen LogP contribution is 2.19. The third kappa shape index (κ3) is 4.78. The Bertz CT molecular complexity index is 533. The highest BCUT2D eigenvalue weighted by molar-refractivity contribution is 7.88. The van der Waals surface area contributed by atoms with E-state index in [0.29, 0.717) is 25.6 Å². The standard InChI is InChI=1S/C15H24N2O3S/c1-21(19,20)17-9-5-6-13(11-17)10-16-15(12-18)14-7-3-2-4-8-14/h2-4,7-8,13,15-16,18H,5-6,9-12H2,1H3. The van der Waals surface area contributed by atoms with Gasteiger partial charge in [0.2, 0.25) is 10.0 Å². The lowest BCUT2D eigenvalue weighted by molar-refractivity contribution is 0.218. The molecule has 5 nitrogen and oxygen atoms in total. The van der Waals surface area contributed by atoms with Crippen LogP contribution in [0.4, 0.5) is 0 Å². The van der Waals surface area contributed by atoms with Gasteiger partial charge in [0.1, 0.15) is 0 Å². The minimum absolute atomic E-state index is 0.0343. The minimum Gasteiger partial charge on any atom is -0.394 e. The van der Waals surface area contributed by atoms with Crippen molar-refractivity contribution < 1.29 is 13.5 Å². The highest BCUT2D eigenvalue weighted by Gasteiger charge is 2.26. The zero-order valence-electron chi connectivity index (χ0n) is 12.4. The van der Waals surface area contributed by atoms with E-state index in [1.54, 1.807) is 4.31 Å². The van der Waals surface area contributed by atoms with Crippen molar-refractivity contribution in [2.75, 3.05) is 32.5 Å². The number of hydrogen-bond donors (Lipinski definition) is 2. The first kappa shape index (κ1) is 16.4. The lowest BCUT2D eigenvalue weighted by atomic mass is 9.98. The molecule has 1 aliphatic rings. The first-order valence-electron chi connectivity index (χ1n) is 7.35. The van der Waals surface area contributed by atoms with Gasteiger partial charge in [0, 0.05) is 13.1 Å². The monoisotopic (exact) mass is 312 g/mol. The Balaban J connectivity index is 1.90. The van der Waals surface area contributed by atoms with E-state index in [-0.39, 0.29) is 12.6 Å². The smallest absolute Gasteiger partial charge is 0.211 e. The number of nitrogens with zero attached hydrogens (tertiary/aromatic N) is 1. The molecule has 1 heterocycles. The van der Waals surface area contributed by atoms with Gasteiger partial charge in [-0.05, 0) is 30.9 Å². The molecule has 1 saturated heterocycles. The molecule has 0 bridgehead atoms. The maximum Gasteiger partial charge on any atom is 0.211 e. The predicted octanol–water partition coefficient (Wildman–Crippen LogP) is 0.981. The molecule has 6 heteroatoms. The molecule has 0 radical (unpaired) electrons. The molecule has 0 saturated carbocycles. The summed E-state index contributed by atoms with van der Waals surface area (Å²) in [7, 11) is -3.10. The zero-order chi connectivity index (χ0) is 15.3. The summed E-state index contributed by atoms with van der Waals surface area (Å²) in [6, 6.07) is 9.72. The van der Waals surface area contributed by atoms with Gasteiger partial charge in [-0.25, -0.2) is 12.7 Å². The van der Waals surface area contributed by atoms with E-state index in [1.807, 2.05) is 30.3 Å². The van der Waals surface area contributed by atoms with Crippen LogP contribution in [0.2, 0.25) is 0 Å². The third-order valence-electron chi connectivity index (χ3n) is 3.99. The lowest BCUT2D eigenvalue weighted by Gasteiger charge is -2.32. The van der Waals surface area contributed by atoms with Gasteiger partial charge >= 0.3 is 0 Å². The molecule has 2 rings (SSSR count). The van der Waals surface area contributed by atoms with Crippen molar-refractivity contribution in [1.82, 2.24) is 9.62 Å². The summed E-state index contributed by atoms with van der Waals surface area (Å²) in [5, 5.41) is 12.9. The van der Waals surface area contributed by atoms with E-state index >= 15 is 0 Å². The number of aliphatic hydroxyl groups excluding tert-OH is 1. The number of rotatable bonds is 6. The van der Waals surface area contributed by atoms with Crippen LogP contribution in [0.15, 0.2) is 30.3 Å². The molecule has 0 amide bonds. The van der Waals surface area contributed by atoms with Gasteiger partial charge in [-0.2, -0.15) is 0 Å². The van der Waals surface area contributed by atoms with Crippen molar-refractivity contribution in [3.05, 3.63) is 35.9 Å². The number of aliphatic hydroxyl groups is 1. The van der Waals surface area contributed by atoms with E-state index in [2.05, 4.69) is 5.32 Å². The fourth-order valence-electron chi connectivity index (χ4n) is 2.78. The normalized spacial score (nSPS) is 22.1. The Hall–Kier alpha value is -0.950. The Kier molecular flexibility index (Phi) is 5.75. The van der Waals surface area contributed by atoms with E-state index in [9.17, 15) is 13.5 Å². The molecule has 118 valence electrons. The Morgan fingerprint density at radius 3 is 2.71 bits per heavy atom. The van der Waals surface area contributed by atoms with Crippen molar-refractivity contribution in [3.8, 4) is 0 Å². The largest absolute Gasteiger partial charge is 0.394 e. The summed E-state index contributed by atoms with van der Waals surface area (Å²) in [5.41, 5.74) is 1.05. The summed E-state index contributed by atoms with van der Waals surface area (Å²) in [5.74, 6) is 0.297. The van der Waals surface area contributed by atoms with Gasteiger partial charge in [0.05, 0.1) is 18.9 Å². The average molecular weight is 312 g/mol. The molecular formula is C15H24N2O3S. The lowest BCUT2D eigenvalue weighted by Crippen LogP contribution is -2.43. The molecule has 0 spiro atoms. The number of sulfonamides is 1. The SMILES string of the molecule is CS(=O)(=O)N1CCCC(CNC(CO)c2ccccc2)C1.